The molecule has 0 unspecified atom stereocenters. The van der Waals surface area contributed by atoms with Crippen molar-refractivity contribution in [1.29, 1.82) is 0 Å². The molecule has 0 N–H and O–H groups in total. The Morgan fingerprint density at radius 2 is 1.03 bits per heavy atom. The van der Waals surface area contributed by atoms with Gasteiger partial charge in [-0.05, 0) is 19.3 Å². The first-order valence-electron chi connectivity index (χ1n) is 12.0. The third-order valence-electron chi connectivity index (χ3n) is 4.92. The zero-order valence-electron chi connectivity index (χ0n) is 19.3. The van der Waals surface area contributed by atoms with Crippen molar-refractivity contribution < 1.29 is 23.8 Å². The average Bonchev–Trinajstić information content (AvgIpc) is 2.72. The molecule has 29 heavy (non-hydrogen) atoms. The number of unbranched alkanes of at least 4 members (excludes halogenated alkanes) is 9. The van der Waals surface area contributed by atoms with Crippen LogP contribution in [-0.4, -0.2) is 38.4 Å². The van der Waals surface area contributed by atoms with Crippen molar-refractivity contribution in [2.24, 2.45) is 5.92 Å². The molecule has 0 saturated heterocycles. The molecule has 0 fully saturated rings. The van der Waals surface area contributed by atoms with Crippen molar-refractivity contribution in [3.63, 3.8) is 0 Å². The van der Waals surface area contributed by atoms with Crippen molar-refractivity contribution in [3.8, 4) is 0 Å². The lowest BCUT2D eigenvalue weighted by Gasteiger charge is -2.17. The Balaban J connectivity index is 4.09. The summed E-state index contributed by atoms with van der Waals surface area (Å²) in [6, 6.07) is 0. The van der Waals surface area contributed by atoms with Crippen LogP contribution in [0.3, 0.4) is 0 Å². The second-order valence-corrected chi connectivity index (χ2v) is 7.99. The normalized spacial score (nSPS) is 11.0. The summed E-state index contributed by atoms with van der Waals surface area (Å²) in [5.41, 5.74) is 0. The van der Waals surface area contributed by atoms with Crippen LogP contribution in [0.1, 0.15) is 111 Å². The van der Waals surface area contributed by atoms with Crippen LogP contribution in [0.2, 0.25) is 0 Å². The van der Waals surface area contributed by atoms with E-state index in [2.05, 4.69) is 20.8 Å². The van der Waals surface area contributed by atoms with Crippen molar-refractivity contribution in [2.75, 3.05) is 26.4 Å². The van der Waals surface area contributed by atoms with E-state index in [9.17, 15) is 9.59 Å². The van der Waals surface area contributed by atoms with Gasteiger partial charge in [0.2, 0.25) is 0 Å². The van der Waals surface area contributed by atoms with E-state index >= 15 is 0 Å². The van der Waals surface area contributed by atoms with Gasteiger partial charge in [0, 0.05) is 19.4 Å². The highest BCUT2D eigenvalue weighted by Crippen LogP contribution is 2.09. The van der Waals surface area contributed by atoms with Crippen LogP contribution < -0.4 is 0 Å². The lowest BCUT2D eigenvalue weighted by atomic mass is 10.1. The van der Waals surface area contributed by atoms with E-state index in [0.29, 0.717) is 26.1 Å². The van der Waals surface area contributed by atoms with Crippen LogP contribution in [-0.2, 0) is 23.8 Å². The Kier molecular flexibility index (Phi) is 20.8. The number of rotatable bonds is 21. The topological polar surface area (TPSA) is 61.8 Å². The molecule has 0 spiro atoms. The Morgan fingerprint density at radius 1 is 0.586 bits per heavy atom. The molecule has 0 aromatic carbocycles. The molecule has 0 saturated carbocycles. The van der Waals surface area contributed by atoms with Gasteiger partial charge in [-0.15, -0.1) is 0 Å². The summed E-state index contributed by atoms with van der Waals surface area (Å²) in [5.74, 6) is -0.426. The summed E-state index contributed by atoms with van der Waals surface area (Å²) < 4.78 is 16.5. The van der Waals surface area contributed by atoms with Crippen LogP contribution >= 0.6 is 0 Å². The van der Waals surface area contributed by atoms with Gasteiger partial charge in [-0.1, -0.05) is 78.6 Å². The van der Waals surface area contributed by atoms with Crippen LogP contribution in [0.25, 0.3) is 0 Å². The van der Waals surface area contributed by atoms with Gasteiger partial charge >= 0.3 is 11.9 Å². The molecule has 0 aromatic heterocycles. The molecule has 0 atom stereocenters. The number of hydrogen-bond acceptors (Lipinski definition) is 5. The summed E-state index contributed by atoms with van der Waals surface area (Å²) in [5, 5.41) is 0. The predicted molar refractivity (Wildman–Crippen MR) is 118 cm³/mol. The molecule has 0 heterocycles. The number of carbonyl (C=O) groups is 2. The first-order valence-corrected chi connectivity index (χ1v) is 12.0. The third kappa shape index (κ3) is 20.0. The summed E-state index contributed by atoms with van der Waals surface area (Å²) >= 11 is 0. The first kappa shape index (κ1) is 27.9. The molecule has 0 amide bonds. The SMILES string of the molecule is CCCCCCCC(=O)OCC(COCCCC)COC(=O)CCCCCCC. The molecule has 0 radical (unpaired) electrons. The van der Waals surface area contributed by atoms with Gasteiger partial charge in [0.25, 0.3) is 0 Å². The van der Waals surface area contributed by atoms with Crippen molar-refractivity contribution >= 4 is 11.9 Å². The van der Waals surface area contributed by atoms with Crippen molar-refractivity contribution in [1.82, 2.24) is 0 Å². The monoisotopic (exact) mass is 414 g/mol. The van der Waals surface area contributed by atoms with Crippen molar-refractivity contribution in [2.45, 2.75) is 111 Å². The lowest BCUT2D eigenvalue weighted by Crippen LogP contribution is -2.25. The van der Waals surface area contributed by atoms with E-state index in [4.69, 9.17) is 14.2 Å². The molecule has 0 aromatic rings. The summed E-state index contributed by atoms with van der Waals surface area (Å²) in [4.78, 5) is 23.9. The molecule has 0 rings (SSSR count). The van der Waals surface area contributed by atoms with Crippen LogP contribution in [0.4, 0.5) is 0 Å². The summed E-state index contributed by atoms with van der Waals surface area (Å²) in [7, 11) is 0. The van der Waals surface area contributed by atoms with Crippen LogP contribution in [0.15, 0.2) is 0 Å². The van der Waals surface area contributed by atoms with E-state index in [1.54, 1.807) is 0 Å². The van der Waals surface area contributed by atoms with Gasteiger partial charge in [0.05, 0.1) is 25.7 Å². The minimum absolute atomic E-state index is 0.0973. The van der Waals surface area contributed by atoms with Gasteiger partial charge in [0.1, 0.15) is 0 Å². The van der Waals surface area contributed by atoms with Gasteiger partial charge in [0.15, 0.2) is 0 Å². The summed E-state index contributed by atoms with van der Waals surface area (Å²) in [6.07, 6.45) is 14.1. The van der Waals surface area contributed by atoms with Crippen LogP contribution in [0, 0.1) is 5.92 Å². The number of esters is 2. The Bertz CT molecular complexity index is 353. The maximum atomic E-state index is 12.0. The highest BCUT2D eigenvalue weighted by molar-refractivity contribution is 5.69. The standard InChI is InChI=1S/C24H46O5/c1-4-7-10-12-14-16-23(25)28-20-22(19-27-18-9-6-3)21-29-24(26)17-15-13-11-8-5-2/h22H,4-21H2,1-3H3. The van der Waals surface area contributed by atoms with Gasteiger partial charge in [-0.3, -0.25) is 9.59 Å². The number of ether oxygens (including phenoxy) is 3. The number of carbonyl (C=O) groups excluding carboxylic acids is 2. The fraction of sp³-hybridized carbons (Fsp3) is 0.917. The molecule has 172 valence electrons. The smallest absolute Gasteiger partial charge is 0.305 e. The Morgan fingerprint density at radius 3 is 1.48 bits per heavy atom. The zero-order chi connectivity index (χ0) is 21.6. The summed E-state index contributed by atoms with van der Waals surface area (Å²) in [6.45, 7) is 8.11. The highest BCUT2D eigenvalue weighted by atomic mass is 16.6. The largest absolute Gasteiger partial charge is 0.465 e. The van der Waals surface area contributed by atoms with Gasteiger partial charge < -0.3 is 14.2 Å². The minimum Gasteiger partial charge on any atom is -0.465 e. The van der Waals surface area contributed by atoms with Crippen LogP contribution in [0.5, 0.6) is 0 Å². The van der Waals surface area contributed by atoms with E-state index < -0.39 is 0 Å². The molecule has 0 aliphatic carbocycles. The number of hydrogen-bond donors (Lipinski definition) is 0. The molecule has 5 heteroatoms. The zero-order valence-corrected chi connectivity index (χ0v) is 19.3. The molecule has 0 bridgehead atoms. The second-order valence-electron chi connectivity index (χ2n) is 7.99. The molecular formula is C24H46O5. The van der Waals surface area contributed by atoms with E-state index in [-0.39, 0.29) is 31.1 Å². The predicted octanol–water partition coefficient (Wildman–Crippen LogP) is 6.23. The van der Waals surface area contributed by atoms with Crippen molar-refractivity contribution in [3.05, 3.63) is 0 Å². The Labute approximate surface area is 179 Å². The lowest BCUT2D eigenvalue weighted by molar-refractivity contribution is -0.150. The maximum absolute atomic E-state index is 12.0. The molecule has 0 aliphatic rings. The van der Waals surface area contributed by atoms with Gasteiger partial charge in [-0.25, -0.2) is 0 Å². The van der Waals surface area contributed by atoms with E-state index in [0.717, 1.165) is 38.5 Å². The Hall–Kier alpha value is -1.10. The third-order valence-corrected chi connectivity index (χ3v) is 4.92. The fourth-order valence-corrected chi connectivity index (χ4v) is 2.95. The molecular weight excluding hydrogens is 368 g/mol. The fourth-order valence-electron chi connectivity index (χ4n) is 2.95. The second kappa shape index (κ2) is 21.6. The highest BCUT2D eigenvalue weighted by Gasteiger charge is 2.15. The van der Waals surface area contributed by atoms with Gasteiger partial charge in [-0.2, -0.15) is 0 Å². The van der Waals surface area contributed by atoms with E-state index in [1.807, 2.05) is 0 Å². The molecule has 5 nitrogen and oxygen atoms in total. The maximum Gasteiger partial charge on any atom is 0.305 e. The quantitative estimate of drug-likeness (QED) is 0.165. The first-order chi connectivity index (χ1) is 14.1. The van der Waals surface area contributed by atoms with E-state index in [1.165, 1.54) is 38.5 Å². The minimum atomic E-state index is -0.165. The average molecular weight is 415 g/mol. The molecule has 0 aliphatic heterocycles.